The molecule has 28 heavy (non-hydrogen) atoms. The zero-order chi connectivity index (χ0) is 20.0. The highest BCUT2D eigenvalue weighted by atomic mass is 35.5. The number of benzene rings is 2. The van der Waals surface area contributed by atoms with Crippen LogP contribution in [0, 0.1) is 13.8 Å². The first-order valence-corrected chi connectivity index (χ1v) is 9.98. The van der Waals surface area contributed by atoms with Crippen molar-refractivity contribution in [2.75, 3.05) is 13.1 Å². The van der Waals surface area contributed by atoms with Gasteiger partial charge in [-0.15, -0.1) is 0 Å². The van der Waals surface area contributed by atoms with E-state index in [9.17, 15) is 9.59 Å². The molecule has 1 aliphatic heterocycles. The third-order valence-electron chi connectivity index (χ3n) is 5.34. The summed E-state index contributed by atoms with van der Waals surface area (Å²) in [7, 11) is 0. The van der Waals surface area contributed by atoms with Crippen molar-refractivity contribution in [1.82, 2.24) is 9.47 Å². The van der Waals surface area contributed by atoms with Gasteiger partial charge in [-0.25, -0.2) is 4.79 Å². The van der Waals surface area contributed by atoms with Crippen LogP contribution in [0.25, 0.3) is 11.1 Å². The summed E-state index contributed by atoms with van der Waals surface area (Å²) >= 11 is 12.2. The van der Waals surface area contributed by atoms with Gasteiger partial charge in [-0.3, -0.25) is 9.36 Å². The predicted molar refractivity (Wildman–Crippen MR) is 111 cm³/mol. The number of aromatic nitrogens is 1. The third kappa shape index (κ3) is 3.23. The number of nitrogens with zero attached hydrogens (tertiary/aromatic N) is 2. The molecule has 146 valence electrons. The molecular weight excluding hydrogens is 399 g/mol. The highest BCUT2D eigenvalue weighted by Crippen LogP contribution is 2.30. The van der Waals surface area contributed by atoms with Gasteiger partial charge in [-0.2, -0.15) is 0 Å². The van der Waals surface area contributed by atoms with Crippen LogP contribution in [0.4, 0.5) is 0 Å². The van der Waals surface area contributed by atoms with E-state index in [0.717, 1.165) is 16.6 Å². The number of carbonyl (C=O) groups excluding carboxylic acids is 1. The van der Waals surface area contributed by atoms with Crippen LogP contribution in [0.1, 0.15) is 40.4 Å². The second-order valence-electron chi connectivity index (χ2n) is 7.29. The van der Waals surface area contributed by atoms with Crippen LogP contribution in [0.15, 0.2) is 39.5 Å². The molecule has 4 rings (SSSR count). The number of oxazole rings is 1. The highest BCUT2D eigenvalue weighted by Gasteiger charge is 2.28. The van der Waals surface area contributed by atoms with Crippen LogP contribution < -0.4 is 5.76 Å². The predicted octanol–water partition coefficient (Wildman–Crippen LogP) is 5.00. The number of likely N-dealkylation sites (tertiary alicyclic amines) is 1. The number of piperidine rings is 1. The topological polar surface area (TPSA) is 55.5 Å². The Morgan fingerprint density at radius 3 is 2.57 bits per heavy atom. The monoisotopic (exact) mass is 418 g/mol. The maximum Gasteiger partial charge on any atom is 0.420 e. The van der Waals surface area contributed by atoms with Crippen LogP contribution in [0.2, 0.25) is 10.0 Å². The van der Waals surface area contributed by atoms with Gasteiger partial charge in [0.1, 0.15) is 0 Å². The molecule has 0 unspecified atom stereocenters. The first kappa shape index (κ1) is 19.1. The van der Waals surface area contributed by atoms with E-state index < -0.39 is 0 Å². The van der Waals surface area contributed by atoms with Crippen LogP contribution in [0.3, 0.4) is 0 Å². The average molecular weight is 419 g/mol. The molecule has 1 amide bonds. The number of hydrogen-bond acceptors (Lipinski definition) is 3. The van der Waals surface area contributed by atoms with E-state index in [2.05, 4.69) is 0 Å². The van der Waals surface area contributed by atoms with E-state index in [-0.39, 0.29) is 22.7 Å². The minimum atomic E-state index is -0.341. The molecule has 5 nitrogen and oxygen atoms in total. The molecule has 0 atom stereocenters. The molecule has 0 bridgehead atoms. The first-order chi connectivity index (χ1) is 13.4. The molecular formula is C21H20Cl2N2O3. The van der Waals surface area contributed by atoms with Gasteiger partial charge >= 0.3 is 5.76 Å². The lowest BCUT2D eigenvalue weighted by Gasteiger charge is -2.32. The fraction of sp³-hybridized carbons (Fsp3) is 0.333. The number of rotatable bonds is 2. The largest absolute Gasteiger partial charge is 0.420 e. The minimum Gasteiger partial charge on any atom is -0.407 e. The van der Waals surface area contributed by atoms with Gasteiger partial charge in [0, 0.05) is 19.1 Å². The summed E-state index contributed by atoms with van der Waals surface area (Å²) in [6, 6.07) is 9.04. The Hall–Kier alpha value is -2.24. The summed E-state index contributed by atoms with van der Waals surface area (Å²) < 4.78 is 7.24. The molecule has 1 aromatic heterocycles. The van der Waals surface area contributed by atoms with Crippen LogP contribution in [-0.2, 0) is 0 Å². The standard InChI is InChI=1S/C21H20Cl2N2O3/c1-12-10-13(2)19-17(11-12)25(21(27)28-19)14-6-8-24(9-7-14)20(26)15-4-3-5-16(22)18(15)23/h3-5,10-11,14H,6-9H2,1-2H3. The van der Waals surface area contributed by atoms with Crippen molar-refractivity contribution in [2.24, 2.45) is 0 Å². The summed E-state index contributed by atoms with van der Waals surface area (Å²) in [6.45, 7) is 5.02. The maximum atomic E-state index is 12.8. The average Bonchev–Trinajstić information content (AvgIpc) is 3.00. The van der Waals surface area contributed by atoms with Gasteiger partial charge in [0.25, 0.3) is 5.91 Å². The molecule has 0 radical (unpaired) electrons. The first-order valence-electron chi connectivity index (χ1n) is 9.22. The summed E-state index contributed by atoms with van der Waals surface area (Å²) in [5, 5.41) is 0.642. The normalized spacial score (nSPS) is 15.4. The lowest BCUT2D eigenvalue weighted by molar-refractivity contribution is 0.0694. The zero-order valence-electron chi connectivity index (χ0n) is 15.7. The Kier molecular flexibility index (Phi) is 4.98. The summed E-state index contributed by atoms with van der Waals surface area (Å²) in [6.07, 6.45) is 1.34. The molecule has 0 N–H and O–H groups in total. The smallest absolute Gasteiger partial charge is 0.407 e. The molecule has 0 spiro atoms. The fourth-order valence-corrected chi connectivity index (χ4v) is 4.37. The number of hydrogen-bond donors (Lipinski definition) is 0. The number of halogens is 2. The van der Waals surface area contributed by atoms with E-state index in [0.29, 0.717) is 42.1 Å². The van der Waals surface area contributed by atoms with Crippen molar-refractivity contribution in [2.45, 2.75) is 32.7 Å². The second kappa shape index (κ2) is 7.30. The van der Waals surface area contributed by atoms with Crippen molar-refractivity contribution in [1.29, 1.82) is 0 Å². The van der Waals surface area contributed by atoms with Gasteiger partial charge in [-0.05, 0) is 56.0 Å². The van der Waals surface area contributed by atoms with Gasteiger partial charge < -0.3 is 9.32 Å². The molecule has 1 aliphatic rings. The van der Waals surface area contributed by atoms with E-state index in [4.69, 9.17) is 27.6 Å². The highest BCUT2D eigenvalue weighted by molar-refractivity contribution is 6.43. The molecule has 0 aliphatic carbocycles. The van der Waals surface area contributed by atoms with E-state index in [1.54, 1.807) is 27.7 Å². The van der Waals surface area contributed by atoms with Crippen LogP contribution in [-0.4, -0.2) is 28.5 Å². The third-order valence-corrected chi connectivity index (χ3v) is 6.16. The summed E-state index contributed by atoms with van der Waals surface area (Å²) in [4.78, 5) is 27.1. The summed E-state index contributed by atoms with van der Waals surface area (Å²) in [5.41, 5.74) is 3.91. The molecule has 1 fully saturated rings. The van der Waals surface area contributed by atoms with Crippen LogP contribution >= 0.6 is 23.2 Å². The van der Waals surface area contributed by atoms with Crippen molar-refractivity contribution in [3.63, 3.8) is 0 Å². The molecule has 2 aromatic carbocycles. The maximum absolute atomic E-state index is 12.8. The molecule has 7 heteroatoms. The van der Waals surface area contributed by atoms with E-state index in [1.165, 1.54) is 0 Å². The zero-order valence-corrected chi connectivity index (χ0v) is 17.2. The fourth-order valence-electron chi connectivity index (χ4n) is 3.99. The Morgan fingerprint density at radius 2 is 1.86 bits per heavy atom. The minimum absolute atomic E-state index is 0.00571. The Labute approximate surface area is 172 Å². The van der Waals surface area contributed by atoms with Crippen molar-refractivity contribution in [3.8, 4) is 0 Å². The van der Waals surface area contributed by atoms with E-state index >= 15 is 0 Å². The second-order valence-corrected chi connectivity index (χ2v) is 8.08. The number of carbonyl (C=O) groups is 1. The Morgan fingerprint density at radius 1 is 1.14 bits per heavy atom. The number of aryl methyl sites for hydroxylation is 2. The summed E-state index contributed by atoms with van der Waals surface area (Å²) in [5.74, 6) is -0.478. The lowest BCUT2D eigenvalue weighted by Crippen LogP contribution is -2.40. The van der Waals surface area contributed by atoms with E-state index in [1.807, 2.05) is 26.0 Å². The lowest BCUT2D eigenvalue weighted by atomic mass is 10.0. The Bertz CT molecular complexity index is 1120. The number of amides is 1. The molecule has 1 saturated heterocycles. The van der Waals surface area contributed by atoms with Crippen LogP contribution in [0.5, 0.6) is 0 Å². The molecule has 0 saturated carbocycles. The molecule has 2 heterocycles. The van der Waals surface area contributed by atoms with Gasteiger partial charge in [0.15, 0.2) is 5.58 Å². The Balaban J connectivity index is 1.57. The molecule has 3 aromatic rings. The van der Waals surface area contributed by atoms with Gasteiger partial charge in [-0.1, -0.05) is 35.3 Å². The van der Waals surface area contributed by atoms with Gasteiger partial charge in [0.2, 0.25) is 0 Å². The van der Waals surface area contributed by atoms with Crippen molar-refractivity contribution < 1.29 is 9.21 Å². The van der Waals surface area contributed by atoms with Crippen molar-refractivity contribution >= 4 is 40.2 Å². The SMILES string of the molecule is Cc1cc(C)c2oc(=O)n(C3CCN(C(=O)c4cccc(Cl)c4Cl)CC3)c2c1. The quantitative estimate of drug-likeness (QED) is 0.588. The van der Waals surface area contributed by atoms with Crippen molar-refractivity contribution in [3.05, 3.63) is 67.6 Å². The van der Waals surface area contributed by atoms with Gasteiger partial charge in [0.05, 0.1) is 21.1 Å². The number of fused-ring (bicyclic) bond motifs is 1.